The first-order valence-corrected chi connectivity index (χ1v) is 8.22. The van der Waals surface area contributed by atoms with Crippen LogP contribution in [0.3, 0.4) is 0 Å². The molecule has 0 aromatic carbocycles. The van der Waals surface area contributed by atoms with Gasteiger partial charge >= 0.3 is 5.97 Å². The van der Waals surface area contributed by atoms with Gasteiger partial charge in [-0.1, -0.05) is 25.1 Å². The summed E-state index contributed by atoms with van der Waals surface area (Å²) in [6.07, 6.45) is 0.774. The van der Waals surface area contributed by atoms with E-state index in [9.17, 15) is 9.59 Å². The van der Waals surface area contributed by atoms with E-state index in [1.165, 1.54) is 11.3 Å². The lowest BCUT2D eigenvalue weighted by atomic mass is 10.0. The van der Waals surface area contributed by atoms with E-state index in [-0.39, 0.29) is 24.7 Å². The molecule has 0 fully saturated rings. The van der Waals surface area contributed by atoms with Gasteiger partial charge in [0.2, 0.25) is 17.6 Å². The predicted octanol–water partition coefficient (Wildman–Crippen LogP) is 2.35. The van der Waals surface area contributed by atoms with Gasteiger partial charge < -0.3 is 14.9 Å². The number of hydrogen-bond acceptors (Lipinski definition) is 6. The highest BCUT2D eigenvalue weighted by Gasteiger charge is 2.21. The minimum Gasteiger partial charge on any atom is -0.480 e. The molecule has 0 saturated heterocycles. The molecule has 1 atom stereocenters. The quantitative estimate of drug-likeness (QED) is 0.766. The average Bonchev–Trinajstić information content (AvgIpc) is 3.14. The van der Waals surface area contributed by atoms with Crippen LogP contribution in [0.4, 0.5) is 0 Å². The van der Waals surface area contributed by atoms with Crippen molar-refractivity contribution in [1.82, 2.24) is 15.5 Å². The number of thiophene rings is 1. The summed E-state index contributed by atoms with van der Waals surface area (Å²) in [5.41, 5.74) is 0. The Balaban J connectivity index is 1.85. The van der Waals surface area contributed by atoms with Crippen LogP contribution in [0.5, 0.6) is 0 Å². The number of aryl methyl sites for hydroxylation is 1. The highest BCUT2D eigenvalue weighted by atomic mass is 32.1. The van der Waals surface area contributed by atoms with Crippen LogP contribution in [0.15, 0.2) is 22.0 Å². The number of carboxylic acid groups (broad SMARTS) is 1. The summed E-state index contributed by atoms with van der Waals surface area (Å²) >= 11 is 1.50. The molecule has 2 heterocycles. The van der Waals surface area contributed by atoms with Gasteiger partial charge in [-0.2, -0.15) is 4.98 Å². The maximum absolute atomic E-state index is 11.9. The van der Waals surface area contributed by atoms with E-state index in [0.717, 1.165) is 4.88 Å². The van der Waals surface area contributed by atoms with Crippen LogP contribution >= 0.6 is 11.3 Å². The van der Waals surface area contributed by atoms with Crippen molar-refractivity contribution in [2.45, 2.75) is 39.2 Å². The van der Waals surface area contributed by atoms with Crippen molar-refractivity contribution in [2.75, 3.05) is 0 Å². The lowest BCUT2D eigenvalue weighted by Crippen LogP contribution is -2.41. The van der Waals surface area contributed by atoms with E-state index in [0.29, 0.717) is 18.1 Å². The minimum atomic E-state index is -1.02. The fourth-order valence-electron chi connectivity index (χ4n) is 2.04. The minimum absolute atomic E-state index is 0.105. The Labute approximate surface area is 137 Å². The van der Waals surface area contributed by atoms with E-state index in [4.69, 9.17) is 9.63 Å². The summed E-state index contributed by atoms with van der Waals surface area (Å²) in [6.45, 7) is 3.82. The zero-order chi connectivity index (χ0) is 16.8. The van der Waals surface area contributed by atoms with E-state index in [1.54, 1.807) is 0 Å². The smallest absolute Gasteiger partial charge is 0.326 e. The summed E-state index contributed by atoms with van der Waals surface area (Å²) < 4.78 is 5.11. The Hall–Kier alpha value is -2.22. The molecule has 7 nitrogen and oxygen atoms in total. The third-order valence-electron chi connectivity index (χ3n) is 3.12. The molecule has 8 heteroatoms. The molecule has 0 spiro atoms. The fraction of sp³-hybridized carbons (Fsp3) is 0.467. The molecule has 1 amide bonds. The molecule has 2 rings (SSSR count). The number of carbonyl (C=O) groups excluding carboxylic acids is 1. The van der Waals surface area contributed by atoms with Crippen molar-refractivity contribution >= 4 is 23.2 Å². The van der Waals surface area contributed by atoms with Crippen molar-refractivity contribution in [3.05, 3.63) is 23.4 Å². The van der Waals surface area contributed by atoms with Gasteiger partial charge in [0.25, 0.3) is 0 Å². The van der Waals surface area contributed by atoms with E-state index < -0.39 is 12.0 Å². The Morgan fingerprint density at radius 3 is 2.83 bits per heavy atom. The largest absolute Gasteiger partial charge is 0.480 e. The number of aliphatic carboxylic acids is 1. The number of nitrogens with zero attached hydrogens (tertiary/aromatic N) is 2. The van der Waals surface area contributed by atoms with Gasteiger partial charge in [0.05, 0.1) is 4.88 Å². The van der Waals surface area contributed by atoms with Crippen LogP contribution in [0.2, 0.25) is 0 Å². The number of aromatic nitrogens is 2. The van der Waals surface area contributed by atoms with Gasteiger partial charge in [0, 0.05) is 12.8 Å². The normalized spacial score (nSPS) is 12.3. The summed E-state index contributed by atoms with van der Waals surface area (Å²) in [7, 11) is 0. The van der Waals surface area contributed by atoms with Gasteiger partial charge in [-0.15, -0.1) is 11.3 Å². The molecule has 0 saturated carbocycles. The van der Waals surface area contributed by atoms with Crippen molar-refractivity contribution in [1.29, 1.82) is 0 Å². The molecule has 0 aliphatic carbocycles. The van der Waals surface area contributed by atoms with Gasteiger partial charge in [-0.3, -0.25) is 4.79 Å². The number of carbonyl (C=O) groups is 2. The number of hydrogen-bond donors (Lipinski definition) is 2. The third kappa shape index (κ3) is 5.17. The molecule has 0 bridgehead atoms. The van der Waals surface area contributed by atoms with Gasteiger partial charge in [-0.05, 0) is 23.8 Å². The van der Waals surface area contributed by atoms with Crippen LogP contribution in [0.1, 0.15) is 32.6 Å². The van der Waals surface area contributed by atoms with Crippen LogP contribution in [-0.2, 0) is 16.0 Å². The SMILES string of the molecule is CC(C)CC(NC(=O)CCc1nc(-c2cccs2)no1)C(=O)O. The van der Waals surface area contributed by atoms with Crippen molar-refractivity contribution in [3.8, 4) is 10.7 Å². The summed E-state index contributed by atoms with van der Waals surface area (Å²) in [5.74, 6) is -0.322. The summed E-state index contributed by atoms with van der Waals surface area (Å²) in [6, 6.07) is 2.91. The predicted molar refractivity (Wildman–Crippen MR) is 85.0 cm³/mol. The van der Waals surface area contributed by atoms with Gasteiger partial charge in [0.15, 0.2) is 0 Å². The molecular formula is C15H19N3O4S. The molecule has 124 valence electrons. The van der Waals surface area contributed by atoms with Crippen LogP contribution < -0.4 is 5.32 Å². The maximum Gasteiger partial charge on any atom is 0.326 e. The standard InChI is InChI=1S/C15H19N3O4S/c1-9(2)8-10(15(20)21)16-12(19)5-6-13-17-14(18-22-13)11-4-3-7-23-11/h3-4,7,9-10H,5-6,8H2,1-2H3,(H,16,19)(H,20,21). The zero-order valence-electron chi connectivity index (χ0n) is 13.0. The van der Waals surface area contributed by atoms with Crippen LogP contribution in [0, 0.1) is 5.92 Å². The van der Waals surface area contributed by atoms with Crippen molar-refractivity contribution < 1.29 is 19.2 Å². The number of rotatable bonds is 8. The first-order chi connectivity index (χ1) is 11.0. The topological polar surface area (TPSA) is 105 Å². The lowest BCUT2D eigenvalue weighted by molar-refractivity contribution is -0.142. The second-order valence-corrected chi connectivity index (χ2v) is 6.52. The molecule has 1 unspecified atom stereocenters. The molecule has 2 N–H and O–H groups in total. The molecule has 23 heavy (non-hydrogen) atoms. The zero-order valence-corrected chi connectivity index (χ0v) is 13.8. The first kappa shape index (κ1) is 17.1. The Morgan fingerprint density at radius 1 is 1.43 bits per heavy atom. The Morgan fingerprint density at radius 2 is 2.22 bits per heavy atom. The van der Waals surface area contributed by atoms with Gasteiger partial charge in [-0.25, -0.2) is 4.79 Å². The molecule has 0 aliphatic rings. The molecule has 2 aromatic rings. The average molecular weight is 337 g/mol. The third-order valence-corrected chi connectivity index (χ3v) is 3.98. The second kappa shape index (κ2) is 7.87. The number of carboxylic acids is 1. The molecule has 2 aromatic heterocycles. The first-order valence-electron chi connectivity index (χ1n) is 7.34. The van der Waals surface area contributed by atoms with Crippen molar-refractivity contribution in [2.24, 2.45) is 5.92 Å². The van der Waals surface area contributed by atoms with E-state index in [1.807, 2.05) is 31.4 Å². The highest BCUT2D eigenvalue weighted by molar-refractivity contribution is 7.13. The van der Waals surface area contributed by atoms with Crippen molar-refractivity contribution in [3.63, 3.8) is 0 Å². The van der Waals surface area contributed by atoms with Gasteiger partial charge in [0.1, 0.15) is 6.04 Å². The second-order valence-electron chi connectivity index (χ2n) is 5.58. The van der Waals surface area contributed by atoms with E-state index >= 15 is 0 Å². The van der Waals surface area contributed by atoms with Crippen LogP contribution in [-0.4, -0.2) is 33.2 Å². The molecule has 0 radical (unpaired) electrons. The Kier molecular flexibility index (Phi) is 5.86. The highest BCUT2D eigenvalue weighted by Crippen LogP contribution is 2.21. The summed E-state index contributed by atoms with van der Waals surface area (Å²) in [4.78, 5) is 28.1. The molecule has 0 aliphatic heterocycles. The molecular weight excluding hydrogens is 318 g/mol. The summed E-state index contributed by atoms with van der Waals surface area (Å²) in [5, 5.41) is 17.4. The maximum atomic E-state index is 11.9. The Bertz CT molecular complexity index is 651. The lowest BCUT2D eigenvalue weighted by Gasteiger charge is -2.16. The van der Waals surface area contributed by atoms with E-state index in [2.05, 4.69) is 15.5 Å². The number of amides is 1. The van der Waals surface area contributed by atoms with Crippen LogP contribution in [0.25, 0.3) is 10.7 Å². The monoisotopic (exact) mass is 337 g/mol. The number of nitrogens with one attached hydrogen (secondary N) is 1. The fourth-order valence-corrected chi connectivity index (χ4v) is 2.69.